The molecule has 0 radical (unpaired) electrons. The fraction of sp³-hybridized carbons (Fsp3) is 0.500. The van der Waals surface area contributed by atoms with Crippen molar-refractivity contribution in [3.8, 4) is 0 Å². The number of hydrogen-bond donors (Lipinski definition) is 0. The highest BCUT2D eigenvalue weighted by Gasteiger charge is 2.43. The van der Waals surface area contributed by atoms with Gasteiger partial charge in [0.1, 0.15) is 0 Å². The van der Waals surface area contributed by atoms with Crippen molar-refractivity contribution < 1.29 is 13.9 Å². The molecule has 3 nitrogen and oxygen atoms in total. The molecule has 1 aromatic rings. The van der Waals surface area contributed by atoms with E-state index in [1.165, 1.54) is 7.11 Å². The van der Waals surface area contributed by atoms with Crippen molar-refractivity contribution in [3.63, 3.8) is 0 Å². The van der Waals surface area contributed by atoms with Gasteiger partial charge in [0.05, 0.1) is 7.11 Å². The standard InChI is InChI=1S/C10H11BrFNO2/c1-15-9(14)10(12)3-5-13-4-2-7(11)8(13)6-10/h2,4H,3,5-6H2,1H3. The first-order valence-corrected chi connectivity index (χ1v) is 5.47. The fourth-order valence-electron chi connectivity index (χ4n) is 1.88. The van der Waals surface area contributed by atoms with E-state index in [1.807, 2.05) is 16.8 Å². The number of aromatic nitrogens is 1. The average Bonchev–Trinajstić information content (AvgIpc) is 2.59. The molecule has 1 unspecified atom stereocenters. The molecule has 0 fully saturated rings. The maximum atomic E-state index is 14.2. The molecule has 15 heavy (non-hydrogen) atoms. The molecule has 1 aliphatic heterocycles. The number of methoxy groups -OCH3 is 1. The average molecular weight is 276 g/mol. The minimum Gasteiger partial charge on any atom is -0.467 e. The van der Waals surface area contributed by atoms with E-state index < -0.39 is 11.6 Å². The Morgan fingerprint density at radius 1 is 1.73 bits per heavy atom. The first kappa shape index (κ1) is 10.7. The lowest BCUT2D eigenvalue weighted by Gasteiger charge is -2.28. The van der Waals surface area contributed by atoms with Crippen LogP contribution in [0.4, 0.5) is 4.39 Å². The van der Waals surface area contributed by atoms with E-state index in [0.29, 0.717) is 6.54 Å². The van der Waals surface area contributed by atoms with Crippen LogP contribution in [0.1, 0.15) is 12.1 Å². The summed E-state index contributed by atoms with van der Waals surface area (Å²) in [5.41, 5.74) is -1.06. The third-order valence-electron chi connectivity index (χ3n) is 2.77. The lowest BCUT2D eigenvalue weighted by atomic mass is 9.93. The number of carbonyl (C=O) groups is 1. The number of halogens is 2. The molecule has 0 N–H and O–H groups in total. The van der Waals surface area contributed by atoms with Crippen LogP contribution in [0.5, 0.6) is 0 Å². The number of alkyl halides is 1. The Hall–Kier alpha value is -0.840. The van der Waals surface area contributed by atoms with Crippen molar-refractivity contribution >= 4 is 21.9 Å². The van der Waals surface area contributed by atoms with Gasteiger partial charge in [-0.2, -0.15) is 0 Å². The number of aryl methyl sites for hydroxylation is 1. The minimum absolute atomic E-state index is 0.0766. The van der Waals surface area contributed by atoms with Crippen LogP contribution in [0.2, 0.25) is 0 Å². The van der Waals surface area contributed by atoms with Gasteiger partial charge in [0, 0.05) is 35.7 Å². The molecule has 1 aromatic heterocycles. The van der Waals surface area contributed by atoms with Gasteiger partial charge < -0.3 is 9.30 Å². The zero-order valence-corrected chi connectivity index (χ0v) is 9.88. The molecule has 0 bridgehead atoms. The largest absolute Gasteiger partial charge is 0.467 e. The molecule has 0 saturated carbocycles. The van der Waals surface area contributed by atoms with E-state index in [4.69, 9.17) is 0 Å². The first-order chi connectivity index (χ1) is 7.07. The molecule has 1 aliphatic rings. The first-order valence-electron chi connectivity index (χ1n) is 4.68. The van der Waals surface area contributed by atoms with Crippen molar-refractivity contribution in [1.29, 1.82) is 0 Å². The third-order valence-corrected chi connectivity index (χ3v) is 3.49. The van der Waals surface area contributed by atoms with E-state index in [2.05, 4.69) is 20.7 Å². The van der Waals surface area contributed by atoms with Gasteiger partial charge in [-0.25, -0.2) is 9.18 Å². The van der Waals surface area contributed by atoms with Crippen molar-refractivity contribution in [1.82, 2.24) is 4.57 Å². The highest BCUT2D eigenvalue weighted by Crippen LogP contribution is 2.33. The quantitative estimate of drug-likeness (QED) is 0.735. The zero-order chi connectivity index (χ0) is 11.1. The smallest absolute Gasteiger partial charge is 0.344 e. The van der Waals surface area contributed by atoms with Gasteiger partial charge in [0.15, 0.2) is 0 Å². The number of fused-ring (bicyclic) bond motifs is 1. The van der Waals surface area contributed by atoms with Gasteiger partial charge in [-0.15, -0.1) is 0 Å². The number of carbonyl (C=O) groups excluding carboxylic acids is 1. The summed E-state index contributed by atoms with van der Waals surface area (Å²) >= 11 is 3.34. The highest BCUT2D eigenvalue weighted by molar-refractivity contribution is 9.10. The Morgan fingerprint density at radius 2 is 2.47 bits per heavy atom. The topological polar surface area (TPSA) is 31.2 Å². The third kappa shape index (κ3) is 1.69. The predicted octanol–water partition coefficient (Wildman–Crippen LogP) is 2.08. The maximum absolute atomic E-state index is 14.2. The summed E-state index contributed by atoms with van der Waals surface area (Å²) in [6, 6.07) is 1.86. The van der Waals surface area contributed by atoms with Gasteiger partial charge >= 0.3 is 5.97 Å². The van der Waals surface area contributed by atoms with Crippen LogP contribution in [-0.4, -0.2) is 23.3 Å². The van der Waals surface area contributed by atoms with Crippen LogP contribution in [0, 0.1) is 0 Å². The normalized spacial score (nSPS) is 24.7. The Labute approximate surface area is 95.3 Å². The molecule has 82 valence electrons. The van der Waals surface area contributed by atoms with Crippen LogP contribution >= 0.6 is 15.9 Å². The molecule has 0 saturated heterocycles. The van der Waals surface area contributed by atoms with E-state index in [9.17, 15) is 9.18 Å². The molecule has 0 spiro atoms. The number of esters is 1. The molecule has 5 heteroatoms. The predicted molar refractivity (Wildman–Crippen MR) is 56.3 cm³/mol. The summed E-state index contributed by atoms with van der Waals surface area (Å²) in [4.78, 5) is 11.3. The Kier molecular flexibility index (Phi) is 2.58. The Balaban J connectivity index is 2.31. The van der Waals surface area contributed by atoms with E-state index in [0.717, 1.165) is 10.2 Å². The van der Waals surface area contributed by atoms with Crippen LogP contribution in [0.15, 0.2) is 16.7 Å². The highest BCUT2D eigenvalue weighted by atomic mass is 79.9. The molecule has 0 amide bonds. The van der Waals surface area contributed by atoms with E-state index in [1.54, 1.807) is 0 Å². The van der Waals surface area contributed by atoms with Crippen molar-refractivity contribution in [2.75, 3.05) is 7.11 Å². The lowest BCUT2D eigenvalue weighted by molar-refractivity contribution is -0.156. The monoisotopic (exact) mass is 275 g/mol. The number of hydrogen-bond acceptors (Lipinski definition) is 2. The summed E-state index contributed by atoms with van der Waals surface area (Å²) in [6.07, 6.45) is 2.14. The summed E-state index contributed by atoms with van der Waals surface area (Å²) < 4.78 is 21.5. The second-order valence-corrected chi connectivity index (χ2v) is 4.54. The summed E-state index contributed by atoms with van der Waals surface area (Å²) in [7, 11) is 1.21. The maximum Gasteiger partial charge on any atom is 0.344 e. The van der Waals surface area contributed by atoms with Gasteiger partial charge in [0.2, 0.25) is 5.67 Å². The van der Waals surface area contributed by atoms with Gasteiger partial charge in [0.25, 0.3) is 0 Å². The SMILES string of the molecule is COC(=O)C1(F)CCn2ccc(Br)c2C1. The molecular weight excluding hydrogens is 265 g/mol. The fourth-order valence-corrected chi connectivity index (χ4v) is 2.37. The second-order valence-electron chi connectivity index (χ2n) is 3.69. The number of nitrogens with zero attached hydrogens (tertiary/aromatic N) is 1. The van der Waals surface area contributed by atoms with Gasteiger partial charge in [-0.1, -0.05) is 0 Å². The Morgan fingerprint density at radius 3 is 3.13 bits per heavy atom. The Bertz CT molecular complexity index is 404. The van der Waals surface area contributed by atoms with Gasteiger partial charge in [-0.3, -0.25) is 0 Å². The van der Waals surface area contributed by atoms with Crippen LogP contribution < -0.4 is 0 Å². The molecular formula is C10H11BrFNO2. The van der Waals surface area contributed by atoms with Crippen LogP contribution in [0.3, 0.4) is 0 Å². The molecule has 0 aromatic carbocycles. The lowest BCUT2D eigenvalue weighted by Crippen LogP contribution is -2.42. The van der Waals surface area contributed by atoms with Crippen molar-refractivity contribution in [2.24, 2.45) is 0 Å². The summed E-state index contributed by atoms with van der Waals surface area (Å²) in [5, 5.41) is 0. The van der Waals surface area contributed by atoms with Crippen LogP contribution in [0.25, 0.3) is 0 Å². The molecule has 1 atom stereocenters. The van der Waals surface area contributed by atoms with Crippen molar-refractivity contribution in [3.05, 3.63) is 22.4 Å². The van der Waals surface area contributed by atoms with E-state index in [-0.39, 0.29) is 12.8 Å². The number of rotatable bonds is 1. The summed E-state index contributed by atoms with van der Waals surface area (Å²) in [6.45, 7) is 0.506. The number of ether oxygens (including phenoxy) is 1. The second kappa shape index (κ2) is 3.63. The zero-order valence-electron chi connectivity index (χ0n) is 8.30. The van der Waals surface area contributed by atoms with E-state index >= 15 is 0 Å². The summed E-state index contributed by atoms with van der Waals surface area (Å²) in [5.74, 6) is -0.776. The minimum atomic E-state index is -1.87. The molecule has 2 rings (SSSR count). The van der Waals surface area contributed by atoms with Crippen LogP contribution in [-0.2, 0) is 22.5 Å². The van der Waals surface area contributed by atoms with Gasteiger partial charge in [-0.05, 0) is 22.0 Å². The molecule has 2 heterocycles. The molecule has 0 aliphatic carbocycles. The van der Waals surface area contributed by atoms with Crippen molar-refractivity contribution in [2.45, 2.75) is 25.1 Å².